The average Bonchev–Trinajstić information content (AvgIpc) is 3.28. The number of rotatable bonds is 9. The Morgan fingerprint density at radius 2 is 1.95 bits per heavy atom. The van der Waals surface area contributed by atoms with Crippen molar-refractivity contribution in [1.82, 2.24) is 15.3 Å². The van der Waals surface area contributed by atoms with E-state index < -0.39 is 36.1 Å². The maximum atomic E-state index is 13.1. The van der Waals surface area contributed by atoms with Crippen LogP contribution in [-0.4, -0.2) is 52.4 Å². The highest BCUT2D eigenvalue weighted by molar-refractivity contribution is 6.30. The van der Waals surface area contributed by atoms with Crippen molar-refractivity contribution in [2.24, 2.45) is 16.8 Å². The molecule has 0 radical (unpaired) electrons. The summed E-state index contributed by atoms with van der Waals surface area (Å²) in [5.74, 6) is -2.08. The number of primary amides is 1. The number of benzene rings is 1. The molecule has 38 heavy (non-hydrogen) atoms. The Kier molecular flexibility index (Phi) is 8.45. The van der Waals surface area contributed by atoms with E-state index >= 15 is 0 Å². The average molecular weight is 551 g/mol. The number of halogens is 4. The quantitative estimate of drug-likeness (QED) is 0.454. The monoisotopic (exact) mass is 550 g/mol. The van der Waals surface area contributed by atoms with Gasteiger partial charge in [-0.1, -0.05) is 42.5 Å². The van der Waals surface area contributed by atoms with Gasteiger partial charge in [-0.15, -0.1) is 0 Å². The number of anilines is 1. The molecule has 2 aromatic rings. The second kappa shape index (κ2) is 11.2. The van der Waals surface area contributed by atoms with Crippen LogP contribution in [0.25, 0.3) is 0 Å². The maximum absolute atomic E-state index is 13.1. The largest absolute Gasteiger partial charge is 0.454 e. The Balaban J connectivity index is 2.10. The van der Waals surface area contributed by atoms with Crippen LogP contribution in [0.5, 0.6) is 6.01 Å². The molecule has 3 N–H and O–H groups in total. The van der Waals surface area contributed by atoms with E-state index in [1.807, 2.05) is 13.0 Å². The molecule has 1 aliphatic heterocycles. The Labute approximate surface area is 222 Å². The number of nitrogens with one attached hydrogen (secondary N) is 1. The molecule has 0 saturated carbocycles. The fraction of sp³-hybridized carbons (Fsp3) is 0.320. The van der Waals surface area contributed by atoms with Gasteiger partial charge in [0.25, 0.3) is 5.91 Å². The first-order chi connectivity index (χ1) is 17.7. The number of aromatic nitrogens is 2. The van der Waals surface area contributed by atoms with Gasteiger partial charge in [-0.05, 0) is 44.0 Å². The zero-order valence-corrected chi connectivity index (χ0v) is 21.6. The smallest absolute Gasteiger partial charge is 0.422 e. The van der Waals surface area contributed by atoms with Crippen molar-refractivity contribution in [2.45, 2.75) is 32.5 Å². The van der Waals surface area contributed by atoms with Gasteiger partial charge in [0.15, 0.2) is 12.4 Å². The number of amides is 2. The summed E-state index contributed by atoms with van der Waals surface area (Å²) in [6, 6.07) is 6.30. The lowest BCUT2D eigenvalue weighted by Gasteiger charge is -2.24. The zero-order valence-electron chi connectivity index (χ0n) is 20.8. The number of hydrogen-bond donors (Lipinski definition) is 2. The van der Waals surface area contributed by atoms with Gasteiger partial charge in [0.2, 0.25) is 5.91 Å². The predicted octanol–water partition coefficient (Wildman–Crippen LogP) is 4.04. The Bertz CT molecular complexity index is 1290. The molecule has 1 aromatic heterocycles. The molecular weight excluding hydrogens is 525 g/mol. The van der Waals surface area contributed by atoms with Gasteiger partial charge in [0.1, 0.15) is 11.1 Å². The third-order valence-electron chi connectivity index (χ3n) is 5.52. The summed E-state index contributed by atoms with van der Waals surface area (Å²) >= 11 is 6.03. The van der Waals surface area contributed by atoms with E-state index in [-0.39, 0.29) is 23.8 Å². The fourth-order valence-electron chi connectivity index (χ4n) is 3.48. The van der Waals surface area contributed by atoms with Crippen LogP contribution in [0.3, 0.4) is 0 Å². The SMILES string of the molecule is C=C(/C=C\C)C1CN(c2nc(OCC(F)(F)F)ncc2C(=O)NC(C)(C)C(N)=O)N=C1c1ccc(Cl)cc1. The highest BCUT2D eigenvalue weighted by atomic mass is 35.5. The van der Waals surface area contributed by atoms with Gasteiger partial charge < -0.3 is 15.8 Å². The van der Waals surface area contributed by atoms with Gasteiger partial charge in [-0.25, -0.2) is 9.99 Å². The van der Waals surface area contributed by atoms with Gasteiger partial charge in [-0.3, -0.25) is 9.59 Å². The van der Waals surface area contributed by atoms with Crippen LogP contribution in [0.2, 0.25) is 5.02 Å². The molecule has 2 heterocycles. The van der Waals surface area contributed by atoms with Crippen molar-refractivity contribution < 1.29 is 27.5 Å². The molecule has 1 unspecified atom stereocenters. The number of ether oxygens (including phenoxy) is 1. The van der Waals surface area contributed by atoms with Crippen LogP contribution in [-0.2, 0) is 4.79 Å². The van der Waals surface area contributed by atoms with E-state index in [0.717, 1.165) is 11.8 Å². The molecule has 202 valence electrons. The van der Waals surface area contributed by atoms with Crippen LogP contribution >= 0.6 is 11.6 Å². The Morgan fingerprint density at radius 1 is 1.29 bits per heavy atom. The second-order valence-corrected chi connectivity index (χ2v) is 9.38. The highest BCUT2D eigenvalue weighted by Gasteiger charge is 2.35. The fourth-order valence-corrected chi connectivity index (χ4v) is 3.61. The molecule has 0 aliphatic carbocycles. The minimum atomic E-state index is -4.63. The standard InChI is InChI=1S/C25H26ClF3N6O3/c1-5-6-14(2)18-12-35(34-19(18)15-7-9-16(26)10-8-15)20-17(21(36)33-24(3,4)22(30)37)11-31-23(32-20)38-13-25(27,28)29/h5-11,18H,2,12-13H2,1,3-4H3,(H2,30,37)(H,33,36)/b6-5-. The summed E-state index contributed by atoms with van der Waals surface area (Å²) in [6.07, 6.45) is -0.0105. The van der Waals surface area contributed by atoms with E-state index in [4.69, 9.17) is 22.1 Å². The molecule has 1 atom stereocenters. The van der Waals surface area contributed by atoms with Gasteiger partial charge in [-0.2, -0.15) is 23.3 Å². The summed E-state index contributed by atoms with van der Waals surface area (Å²) < 4.78 is 42.9. The molecule has 1 aromatic carbocycles. The van der Waals surface area contributed by atoms with Crippen LogP contribution in [0.15, 0.2) is 59.9 Å². The molecule has 9 nitrogen and oxygen atoms in total. The molecule has 0 fully saturated rings. The molecule has 0 spiro atoms. The number of allylic oxidation sites excluding steroid dienone is 2. The predicted molar refractivity (Wildman–Crippen MR) is 137 cm³/mol. The van der Waals surface area contributed by atoms with Crippen LogP contribution < -0.4 is 20.8 Å². The molecule has 13 heteroatoms. The van der Waals surface area contributed by atoms with Crippen LogP contribution in [0.1, 0.15) is 36.7 Å². The summed E-state index contributed by atoms with van der Waals surface area (Å²) in [6.45, 7) is 7.26. The Morgan fingerprint density at radius 3 is 2.53 bits per heavy atom. The summed E-state index contributed by atoms with van der Waals surface area (Å²) in [4.78, 5) is 32.7. The molecule has 2 amide bonds. The molecule has 0 saturated heterocycles. The van der Waals surface area contributed by atoms with E-state index in [9.17, 15) is 22.8 Å². The van der Waals surface area contributed by atoms with E-state index in [0.29, 0.717) is 16.3 Å². The van der Waals surface area contributed by atoms with E-state index in [1.165, 1.54) is 18.9 Å². The maximum Gasteiger partial charge on any atom is 0.422 e. The third-order valence-corrected chi connectivity index (χ3v) is 5.78. The van der Waals surface area contributed by atoms with Crippen molar-refractivity contribution in [3.05, 3.63) is 70.9 Å². The van der Waals surface area contributed by atoms with Crippen LogP contribution in [0.4, 0.5) is 19.0 Å². The van der Waals surface area contributed by atoms with Crippen molar-refractivity contribution in [3.8, 4) is 6.01 Å². The molecule has 1 aliphatic rings. The zero-order chi connectivity index (χ0) is 28.3. The minimum Gasteiger partial charge on any atom is -0.454 e. The first kappa shape index (κ1) is 28.6. The van der Waals surface area contributed by atoms with Gasteiger partial charge in [0, 0.05) is 17.1 Å². The summed E-state index contributed by atoms with van der Waals surface area (Å²) in [7, 11) is 0. The van der Waals surface area contributed by atoms with Crippen molar-refractivity contribution in [3.63, 3.8) is 0 Å². The number of nitrogens with two attached hydrogens (primary N) is 1. The van der Waals surface area contributed by atoms with Gasteiger partial charge in [0.05, 0.1) is 12.3 Å². The lowest BCUT2D eigenvalue weighted by molar-refractivity contribution is -0.154. The third kappa shape index (κ3) is 6.88. The first-order valence-corrected chi connectivity index (χ1v) is 11.7. The first-order valence-electron chi connectivity index (χ1n) is 11.3. The number of hydrogen-bond acceptors (Lipinski definition) is 7. The van der Waals surface area contributed by atoms with Crippen LogP contribution in [0, 0.1) is 5.92 Å². The molecular formula is C25H26ClF3N6O3. The summed E-state index contributed by atoms with van der Waals surface area (Å²) in [5.41, 5.74) is 5.76. The minimum absolute atomic E-state index is 0.128. The van der Waals surface area contributed by atoms with Gasteiger partial charge >= 0.3 is 12.2 Å². The lowest BCUT2D eigenvalue weighted by atomic mass is 9.91. The number of nitrogens with zero attached hydrogens (tertiary/aromatic N) is 4. The van der Waals surface area contributed by atoms with E-state index in [2.05, 4.69) is 27.0 Å². The summed E-state index contributed by atoms with van der Waals surface area (Å²) in [5, 5.41) is 9.00. The number of hydrazone groups is 1. The second-order valence-electron chi connectivity index (χ2n) is 8.94. The molecule has 3 rings (SSSR count). The highest BCUT2D eigenvalue weighted by Crippen LogP contribution is 2.32. The Hall–Kier alpha value is -3.93. The lowest BCUT2D eigenvalue weighted by Crippen LogP contribution is -2.53. The van der Waals surface area contributed by atoms with Crippen molar-refractivity contribution in [2.75, 3.05) is 18.2 Å². The number of carbonyl (C=O) groups is 2. The van der Waals surface area contributed by atoms with Crippen molar-refractivity contribution in [1.29, 1.82) is 0 Å². The number of alkyl halides is 3. The van der Waals surface area contributed by atoms with Crippen molar-refractivity contribution >= 4 is 34.9 Å². The van der Waals surface area contributed by atoms with E-state index in [1.54, 1.807) is 30.3 Å². The normalized spacial score (nSPS) is 15.9. The number of carbonyl (C=O) groups excluding carboxylic acids is 2. The topological polar surface area (TPSA) is 123 Å². The molecule has 0 bridgehead atoms.